The van der Waals surface area contributed by atoms with Gasteiger partial charge >= 0.3 is 11.9 Å². The standard InChI is InChI=1S/C23H27N5O6/c1-28-19-18(21(31)27-23(28)24)15(12-25-19)9-6-13-4-7-14(8-5-13)20(30)26-16(22(32)34-3)10-11-17(29)33-2/h4-5,7-8,12,16,25H,6,9-11H2,1-3H3,(H,26,30)(H2,24,27,31)/t16-/m0/s1. The predicted octanol–water partition coefficient (Wildman–Crippen LogP) is 0.854. The number of aryl methyl sites for hydroxylation is 3. The minimum atomic E-state index is -0.969. The Morgan fingerprint density at radius 3 is 2.50 bits per heavy atom. The van der Waals surface area contributed by atoms with Crippen LogP contribution in [0.25, 0.3) is 11.0 Å². The minimum Gasteiger partial charge on any atom is -0.469 e. The lowest BCUT2D eigenvalue weighted by atomic mass is 10.0. The van der Waals surface area contributed by atoms with Gasteiger partial charge in [0.1, 0.15) is 11.7 Å². The third-order valence-corrected chi connectivity index (χ3v) is 5.61. The lowest BCUT2D eigenvalue weighted by Crippen LogP contribution is -2.41. The van der Waals surface area contributed by atoms with E-state index in [4.69, 9.17) is 10.5 Å². The summed E-state index contributed by atoms with van der Waals surface area (Å²) in [5, 5.41) is 3.10. The number of carbonyl (C=O) groups excluding carboxylic acids is 3. The zero-order valence-electron chi connectivity index (χ0n) is 19.2. The van der Waals surface area contributed by atoms with Crippen molar-refractivity contribution in [3.8, 4) is 0 Å². The molecule has 0 aliphatic rings. The van der Waals surface area contributed by atoms with Gasteiger partial charge in [-0.1, -0.05) is 12.1 Å². The molecule has 3 aromatic rings. The SMILES string of the molecule is COC(=O)CC[C@H](NC(=O)c1ccc(CCc2c[nH]c3c2c(=O)nc(N)n3C)cc1)C(=O)OC. The molecule has 0 unspecified atom stereocenters. The van der Waals surface area contributed by atoms with Crippen molar-refractivity contribution in [3.63, 3.8) is 0 Å². The number of ether oxygens (including phenoxy) is 2. The van der Waals surface area contributed by atoms with E-state index in [0.717, 1.165) is 11.1 Å². The number of hydrogen-bond acceptors (Lipinski definition) is 8. The molecule has 4 N–H and O–H groups in total. The molecule has 1 aromatic carbocycles. The maximum Gasteiger partial charge on any atom is 0.328 e. The first kappa shape index (κ1) is 24.5. The van der Waals surface area contributed by atoms with Gasteiger partial charge < -0.3 is 30.1 Å². The Morgan fingerprint density at radius 2 is 1.85 bits per heavy atom. The second-order valence-corrected chi connectivity index (χ2v) is 7.73. The molecule has 0 aliphatic carbocycles. The van der Waals surface area contributed by atoms with Crippen LogP contribution >= 0.6 is 0 Å². The number of methoxy groups -OCH3 is 2. The third-order valence-electron chi connectivity index (χ3n) is 5.61. The summed E-state index contributed by atoms with van der Waals surface area (Å²) in [7, 11) is 4.19. The average molecular weight is 469 g/mol. The number of amides is 1. The van der Waals surface area contributed by atoms with Crippen molar-refractivity contribution in [1.82, 2.24) is 19.9 Å². The lowest BCUT2D eigenvalue weighted by molar-refractivity contribution is -0.144. The Hall–Kier alpha value is -4.15. The van der Waals surface area contributed by atoms with Crippen molar-refractivity contribution in [2.24, 2.45) is 7.05 Å². The van der Waals surface area contributed by atoms with E-state index >= 15 is 0 Å². The molecule has 0 saturated carbocycles. The molecule has 11 heteroatoms. The van der Waals surface area contributed by atoms with Crippen molar-refractivity contribution >= 4 is 34.8 Å². The number of nitrogen functional groups attached to an aromatic ring is 1. The fraction of sp³-hybridized carbons (Fsp3) is 0.348. The predicted molar refractivity (Wildman–Crippen MR) is 124 cm³/mol. The van der Waals surface area contributed by atoms with Gasteiger partial charge in [0.15, 0.2) is 0 Å². The number of nitrogens with one attached hydrogen (secondary N) is 2. The van der Waals surface area contributed by atoms with Crippen molar-refractivity contribution in [2.45, 2.75) is 31.7 Å². The number of aromatic nitrogens is 3. The van der Waals surface area contributed by atoms with Crippen LogP contribution in [-0.2, 0) is 39.0 Å². The number of benzene rings is 1. The summed E-state index contributed by atoms with van der Waals surface area (Å²) in [6.45, 7) is 0. The number of nitrogens with zero attached hydrogens (tertiary/aromatic N) is 2. The molecule has 0 bridgehead atoms. The van der Waals surface area contributed by atoms with Crippen LogP contribution < -0.4 is 16.6 Å². The minimum absolute atomic E-state index is 0.0332. The maximum absolute atomic E-state index is 12.6. The molecule has 11 nitrogen and oxygen atoms in total. The number of carbonyl (C=O) groups is 3. The number of hydrogen-bond donors (Lipinski definition) is 3. The van der Waals surface area contributed by atoms with E-state index in [0.29, 0.717) is 29.4 Å². The van der Waals surface area contributed by atoms with Crippen molar-refractivity contribution in [2.75, 3.05) is 20.0 Å². The number of esters is 2. The summed E-state index contributed by atoms with van der Waals surface area (Å²) in [6, 6.07) is 5.94. The smallest absolute Gasteiger partial charge is 0.328 e. The first-order valence-corrected chi connectivity index (χ1v) is 10.6. The molecule has 1 amide bonds. The van der Waals surface area contributed by atoms with E-state index in [-0.39, 0.29) is 24.3 Å². The number of aromatic amines is 1. The maximum atomic E-state index is 12.6. The molecule has 0 fully saturated rings. The first-order chi connectivity index (χ1) is 16.2. The second-order valence-electron chi connectivity index (χ2n) is 7.73. The summed E-state index contributed by atoms with van der Waals surface area (Å²) < 4.78 is 10.9. The summed E-state index contributed by atoms with van der Waals surface area (Å²) in [6.07, 6.45) is 3.02. The fourth-order valence-corrected chi connectivity index (χ4v) is 3.60. The largest absolute Gasteiger partial charge is 0.469 e. The van der Waals surface area contributed by atoms with Crippen LogP contribution in [0.2, 0.25) is 0 Å². The number of fused-ring (bicyclic) bond motifs is 1. The van der Waals surface area contributed by atoms with Crippen molar-refractivity contribution in [1.29, 1.82) is 0 Å². The number of nitrogens with two attached hydrogens (primary N) is 1. The summed E-state index contributed by atoms with van der Waals surface area (Å²) in [5.41, 5.74) is 8.13. The average Bonchev–Trinajstić information content (AvgIpc) is 3.28. The van der Waals surface area contributed by atoms with Gasteiger partial charge in [0.2, 0.25) is 5.95 Å². The van der Waals surface area contributed by atoms with Gasteiger partial charge in [-0.25, -0.2) is 4.79 Å². The summed E-state index contributed by atoms with van der Waals surface area (Å²) in [4.78, 5) is 55.2. The molecule has 2 heterocycles. The monoisotopic (exact) mass is 469 g/mol. The number of rotatable bonds is 9. The van der Waals surface area contributed by atoms with Crippen LogP contribution in [-0.4, -0.2) is 52.6 Å². The van der Waals surface area contributed by atoms with Crippen molar-refractivity contribution < 1.29 is 23.9 Å². The van der Waals surface area contributed by atoms with Gasteiger partial charge in [-0.05, 0) is 42.5 Å². The third kappa shape index (κ3) is 5.42. The zero-order valence-corrected chi connectivity index (χ0v) is 19.2. The molecule has 0 saturated heterocycles. The van der Waals surface area contributed by atoms with Crippen LogP contribution in [0.5, 0.6) is 0 Å². The molecule has 0 radical (unpaired) electrons. The fourth-order valence-electron chi connectivity index (χ4n) is 3.60. The van der Waals surface area contributed by atoms with E-state index in [1.165, 1.54) is 14.2 Å². The Morgan fingerprint density at radius 1 is 1.15 bits per heavy atom. The molecule has 180 valence electrons. The molecular formula is C23H27N5O6. The van der Waals surface area contributed by atoms with Crippen LogP contribution in [0.1, 0.15) is 34.3 Å². The Balaban J connectivity index is 1.65. The first-order valence-electron chi connectivity index (χ1n) is 10.6. The molecule has 0 aliphatic heterocycles. The van der Waals surface area contributed by atoms with Gasteiger partial charge in [-0.15, -0.1) is 0 Å². The van der Waals surface area contributed by atoms with E-state index in [2.05, 4.69) is 20.0 Å². The van der Waals surface area contributed by atoms with Crippen LogP contribution in [0.3, 0.4) is 0 Å². The Labute approximate surface area is 195 Å². The Bertz CT molecular complexity index is 1260. The number of H-pyrrole nitrogens is 1. The topological polar surface area (TPSA) is 158 Å². The van der Waals surface area contributed by atoms with Gasteiger partial charge in [0.25, 0.3) is 11.5 Å². The van der Waals surface area contributed by atoms with Crippen LogP contribution in [0, 0.1) is 0 Å². The highest BCUT2D eigenvalue weighted by molar-refractivity contribution is 5.96. The molecular weight excluding hydrogens is 442 g/mol. The van der Waals surface area contributed by atoms with Crippen molar-refractivity contribution in [3.05, 3.63) is 57.5 Å². The summed E-state index contributed by atoms with van der Waals surface area (Å²) >= 11 is 0. The van der Waals surface area contributed by atoms with E-state index < -0.39 is 23.9 Å². The highest BCUT2D eigenvalue weighted by Gasteiger charge is 2.23. The molecule has 3 rings (SSSR count). The van der Waals surface area contributed by atoms with Gasteiger partial charge in [0, 0.05) is 25.2 Å². The Kier molecular flexibility index (Phi) is 7.67. The van der Waals surface area contributed by atoms with Crippen LogP contribution in [0.4, 0.5) is 5.95 Å². The zero-order chi connectivity index (χ0) is 24.8. The number of anilines is 1. The van der Waals surface area contributed by atoms with Gasteiger partial charge in [0.05, 0.1) is 19.6 Å². The molecule has 0 spiro atoms. The molecule has 2 aromatic heterocycles. The second kappa shape index (κ2) is 10.6. The highest BCUT2D eigenvalue weighted by Crippen LogP contribution is 2.18. The molecule has 34 heavy (non-hydrogen) atoms. The van der Waals surface area contributed by atoms with E-state index in [1.54, 1.807) is 42.1 Å². The molecule has 1 atom stereocenters. The van der Waals surface area contributed by atoms with Gasteiger partial charge in [-0.3, -0.25) is 14.4 Å². The quantitative estimate of drug-likeness (QED) is 0.389. The highest BCUT2D eigenvalue weighted by atomic mass is 16.5. The van der Waals surface area contributed by atoms with Gasteiger partial charge in [-0.2, -0.15) is 4.98 Å². The van der Waals surface area contributed by atoms with Crippen LogP contribution in [0.15, 0.2) is 35.3 Å². The van der Waals surface area contributed by atoms with E-state index in [9.17, 15) is 19.2 Å². The lowest BCUT2D eigenvalue weighted by Gasteiger charge is -2.16. The normalized spacial score (nSPS) is 11.7. The van der Waals surface area contributed by atoms with E-state index in [1.807, 2.05) is 0 Å². The summed E-state index contributed by atoms with van der Waals surface area (Å²) in [5.74, 6) is -1.45.